The maximum absolute atomic E-state index is 12.2. The molecule has 140 valence electrons. The zero-order chi connectivity index (χ0) is 19.7. The molecule has 1 N–H and O–H groups in total. The second-order valence-electron chi connectivity index (χ2n) is 7.17. The molecule has 27 heavy (non-hydrogen) atoms. The van der Waals surface area contributed by atoms with Crippen molar-refractivity contribution < 1.29 is 9.90 Å². The molecule has 0 aliphatic carbocycles. The van der Waals surface area contributed by atoms with E-state index in [4.69, 9.17) is 16.6 Å². The predicted molar refractivity (Wildman–Crippen MR) is 114 cm³/mol. The Bertz CT molecular complexity index is 999. The number of fused-ring (bicyclic) bond motifs is 1. The van der Waals surface area contributed by atoms with E-state index in [1.54, 1.807) is 0 Å². The Labute approximate surface area is 172 Å². The molecular formula is C22H21BrClNO2. The van der Waals surface area contributed by atoms with Crippen molar-refractivity contribution in [1.29, 1.82) is 0 Å². The van der Waals surface area contributed by atoms with Crippen molar-refractivity contribution in [1.82, 2.24) is 4.98 Å². The SMILES string of the molecule is Cc1nc2ccc(Br)cc2c(-c2ccc(Cl)cc2)c1C(CC(C)C)C(=O)O. The fourth-order valence-corrected chi connectivity index (χ4v) is 4.03. The minimum Gasteiger partial charge on any atom is -0.481 e. The maximum Gasteiger partial charge on any atom is 0.311 e. The standard InChI is InChI=1S/C22H21BrClNO2/c1-12(2)10-18(22(26)27)20-13(3)25-19-9-6-15(23)11-17(19)21(20)14-4-7-16(24)8-5-14/h4-9,11-12,18H,10H2,1-3H3,(H,26,27). The van der Waals surface area contributed by atoms with Crippen molar-refractivity contribution in [3.8, 4) is 11.1 Å². The first-order valence-corrected chi connectivity index (χ1v) is 10.0. The summed E-state index contributed by atoms with van der Waals surface area (Å²) in [5.41, 5.74) is 4.24. The first-order valence-electron chi connectivity index (χ1n) is 8.86. The molecule has 0 fully saturated rings. The van der Waals surface area contributed by atoms with Crippen LogP contribution in [0.1, 0.15) is 37.4 Å². The molecule has 3 rings (SSSR count). The third-order valence-corrected chi connectivity index (χ3v) is 5.41. The number of aryl methyl sites for hydroxylation is 1. The van der Waals surface area contributed by atoms with E-state index in [1.165, 1.54) is 0 Å². The average Bonchev–Trinajstić information content (AvgIpc) is 2.60. The number of hydrogen-bond donors (Lipinski definition) is 1. The highest BCUT2D eigenvalue weighted by atomic mass is 79.9. The number of pyridine rings is 1. The zero-order valence-corrected chi connectivity index (χ0v) is 17.8. The molecule has 1 aromatic heterocycles. The first kappa shape index (κ1) is 19.8. The molecule has 1 unspecified atom stereocenters. The van der Waals surface area contributed by atoms with Crippen LogP contribution < -0.4 is 0 Å². The second-order valence-corrected chi connectivity index (χ2v) is 8.53. The van der Waals surface area contributed by atoms with Gasteiger partial charge in [0.05, 0.1) is 11.4 Å². The van der Waals surface area contributed by atoms with Gasteiger partial charge in [-0.05, 0) is 66.3 Å². The number of nitrogens with zero attached hydrogens (tertiary/aromatic N) is 1. The van der Waals surface area contributed by atoms with Crippen molar-refractivity contribution in [2.75, 3.05) is 0 Å². The largest absolute Gasteiger partial charge is 0.481 e. The van der Waals surface area contributed by atoms with Crippen LogP contribution in [-0.2, 0) is 4.79 Å². The summed E-state index contributed by atoms with van der Waals surface area (Å²) in [5, 5.41) is 11.6. The van der Waals surface area contributed by atoms with Crippen molar-refractivity contribution >= 4 is 44.4 Å². The van der Waals surface area contributed by atoms with Gasteiger partial charge in [-0.1, -0.05) is 53.5 Å². The lowest BCUT2D eigenvalue weighted by Gasteiger charge is -2.22. The molecule has 3 aromatic rings. The molecule has 0 aliphatic heterocycles. The number of carbonyl (C=O) groups is 1. The third kappa shape index (κ3) is 4.17. The highest BCUT2D eigenvalue weighted by Crippen LogP contribution is 2.40. The van der Waals surface area contributed by atoms with E-state index in [2.05, 4.69) is 15.9 Å². The van der Waals surface area contributed by atoms with Crippen LogP contribution in [0.3, 0.4) is 0 Å². The fraction of sp³-hybridized carbons (Fsp3) is 0.273. The number of aliphatic carboxylic acids is 1. The van der Waals surface area contributed by atoms with Gasteiger partial charge in [-0.3, -0.25) is 9.78 Å². The molecule has 2 aromatic carbocycles. The van der Waals surface area contributed by atoms with Crippen molar-refractivity contribution in [2.45, 2.75) is 33.1 Å². The Morgan fingerprint density at radius 1 is 1.19 bits per heavy atom. The van der Waals surface area contributed by atoms with Crippen molar-refractivity contribution in [2.24, 2.45) is 5.92 Å². The van der Waals surface area contributed by atoms with Gasteiger partial charge in [-0.2, -0.15) is 0 Å². The summed E-state index contributed by atoms with van der Waals surface area (Å²) in [4.78, 5) is 16.9. The smallest absolute Gasteiger partial charge is 0.311 e. The van der Waals surface area contributed by atoms with E-state index >= 15 is 0 Å². The highest BCUT2D eigenvalue weighted by molar-refractivity contribution is 9.10. The van der Waals surface area contributed by atoms with Crippen molar-refractivity contribution in [3.63, 3.8) is 0 Å². The number of aromatic nitrogens is 1. The van der Waals surface area contributed by atoms with Crippen LogP contribution in [-0.4, -0.2) is 16.1 Å². The van der Waals surface area contributed by atoms with Gasteiger partial charge >= 0.3 is 5.97 Å². The summed E-state index contributed by atoms with van der Waals surface area (Å²) in [6.45, 7) is 5.98. The lowest BCUT2D eigenvalue weighted by molar-refractivity contribution is -0.139. The van der Waals surface area contributed by atoms with E-state index in [9.17, 15) is 9.90 Å². The van der Waals surface area contributed by atoms with Crippen LogP contribution in [0.15, 0.2) is 46.9 Å². The van der Waals surface area contributed by atoms with Gasteiger partial charge in [-0.25, -0.2) is 0 Å². The Morgan fingerprint density at radius 3 is 2.44 bits per heavy atom. The summed E-state index contributed by atoms with van der Waals surface area (Å²) in [6, 6.07) is 13.4. The van der Waals surface area contributed by atoms with Crippen LogP contribution >= 0.6 is 27.5 Å². The average molecular weight is 447 g/mol. The second kappa shape index (κ2) is 7.99. The molecular weight excluding hydrogens is 426 g/mol. The van der Waals surface area contributed by atoms with Crippen LogP contribution in [0.4, 0.5) is 0 Å². The Hall–Kier alpha value is -1.91. The number of benzene rings is 2. The minimum absolute atomic E-state index is 0.252. The summed E-state index contributed by atoms with van der Waals surface area (Å²) in [7, 11) is 0. The highest BCUT2D eigenvalue weighted by Gasteiger charge is 2.28. The van der Waals surface area contributed by atoms with E-state index in [-0.39, 0.29) is 5.92 Å². The third-order valence-electron chi connectivity index (χ3n) is 4.66. The quantitative estimate of drug-likeness (QED) is 0.467. The van der Waals surface area contributed by atoms with E-state index in [0.717, 1.165) is 37.8 Å². The van der Waals surface area contributed by atoms with Crippen LogP contribution in [0.5, 0.6) is 0 Å². The summed E-state index contributed by atoms with van der Waals surface area (Å²) in [6.07, 6.45) is 0.554. The molecule has 3 nitrogen and oxygen atoms in total. The van der Waals surface area contributed by atoms with E-state index in [1.807, 2.05) is 63.2 Å². The molecule has 0 saturated carbocycles. The summed E-state index contributed by atoms with van der Waals surface area (Å²) in [5.74, 6) is -1.19. The molecule has 0 spiro atoms. The Kier molecular flexibility index (Phi) is 5.87. The number of halogens is 2. The zero-order valence-electron chi connectivity index (χ0n) is 15.5. The summed E-state index contributed by atoms with van der Waals surface area (Å²) >= 11 is 9.62. The van der Waals surface area contributed by atoms with Crippen LogP contribution in [0, 0.1) is 12.8 Å². The normalized spacial score (nSPS) is 12.5. The van der Waals surface area contributed by atoms with E-state index < -0.39 is 11.9 Å². The lowest BCUT2D eigenvalue weighted by atomic mass is 9.83. The van der Waals surface area contributed by atoms with E-state index in [0.29, 0.717) is 11.4 Å². The molecule has 0 saturated heterocycles. The van der Waals surface area contributed by atoms with Crippen LogP contribution in [0.25, 0.3) is 22.0 Å². The number of carboxylic acids is 1. The van der Waals surface area contributed by atoms with Gasteiger partial charge in [0, 0.05) is 20.6 Å². The van der Waals surface area contributed by atoms with Crippen LogP contribution in [0.2, 0.25) is 5.02 Å². The lowest BCUT2D eigenvalue weighted by Crippen LogP contribution is -2.17. The van der Waals surface area contributed by atoms with Gasteiger partial charge in [0.15, 0.2) is 0 Å². The van der Waals surface area contributed by atoms with Gasteiger partial charge in [-0.15, -0.1) is 0 Å². The predicted octanol–water partition coefficient (Wildman–Crippen LogP) is 6.84. The minimum atomic E-state index is -0.821. The molecule has 0 amide bonds. The Balaban J connectivity index is 2.40. The van der Waals surface area contributed by atoms with Gasteiger partial charge in [0.2, 0.25) is 0 Å². The molecule has 1 heterocycles. The number of rotatable bonds is 5. The molecule has 0 bridgehead atoms. The monoisotopic (exact) mass is 445 g/mol. The fourth-order valence-electron chi connectivity index (χ4n) is 3.54. The molecule has 5 heteroatoms. The molecule has 0 radical (unpaired) electrons. The number of hydrogen-bond acceptors (Lipinski definition) is 2. The van der Waals surface area contributed by atoms with Gasteiger partial charge in [0.1, 0.15) is 0 Å². The molecule has 1 atom stereocenters. The maximum atomic E-state index is 12.2. The molecule has 0 aliphatic rings. The van der Waals surface area contributed by atoms with Gasteiger partial charge in [0.25, 0.3) is 0 Å². The van der Waals surface area contributed by atoms with Gasteiger partial charge < -0.3 is 5.11 Å². The Morgan fingerprint density at radius 2 is 1.85 bits per heavy atom. The number of carboxylic acid groups (broad SMARTS) is 1. The summed E-state index contributed by atoms with van der Waals surface area (Å²) < 4.78 is 0.928. The first-order chi connectivity index (χ1) is 12.8. The van der Waals surface area contributed by atoms with Crippen molar-refractivity contribution in [3.05, 3.63) is 63.2 Å². The topological polar surface area (TPSA) is 50.2 Å².